The summed E-state index contributed by atoms with van der Waals surface area (Å²) in [6.45, 7) is 8.30. The van der Waals surface area contributed by atoms with Crippen LogP contribution in [0.1, 0.15) is 0 Å². The molecule has 17 heavy (non-hydrogen) atoms. The normalized spacial score (nSPS) is 16.9. The molecule has 92 valence electrons. The molecule has 0 radical (unpaired) electrons. The van der Waals surface area contributed by atoms with Crippen LogP contribution >= 0.6 is 0 Å². The first-order chi connectivity index (χ1) is 8.29. The molecule has 1 saturated heterocycles. The molecule has 0 unspecified atom stereocenters. The van der Waals surface area contributed by atoms with Crippen molar-refractivity contribution in [1.29, 1.82) is 0 Å². The SMILES string of the molecule is C=CCNc1cnnc(N2CCN(C)CC2)n1. The Balaban J connectivity index is 2.02. The molecular formula is C11H18N6. The molecule has 1 N–H and O–H groups in total. The highest BCUT2D eigenvalue weighted by Crippen LogP contribution is 2.11. The second kappa shape index (κ2) is 5.58. The molecule has 2 heterocycles. The molecule has 0 aromatic carbocycles. The van der Waals surface area contributed by atoms with Crippen molar-refractivity contribution >= 4 is 11.8 Å². The fourth-order valence-electron chi connectivity index (χ4n) is 1.70. The molecule has 1 aromatic rings. The van der Waals surface area contributed by atoms with Crippen LogP contribution in [0.2, 0.25) is 0 Å². The van der Waals surface area contributed by atoms with Crippen molar-refractivity contribution in [1.82, 2.24) is 20.1 Å². The zero-order valence-electron chi connectivity index (χ0n) is 10.1. The summed E-state index contributed by atoms with van der Waals surface area (Å²) in [5.74, 6) is 1.45. The highest BCUT2D eigenvalue weighted by molar-refractivity contribution is 5.39. The second-order valence-corrected chi connectivity index (χ2v) is 4.10. The molecule has 6 nitrogen and oxygen atoms in total. The van der Waals surface area contributed by atoms with E-state index in [1.165, 1.54) is 0 Å². The summed E-state index contributed by atoms with van der Waals surface area (Å²) in [6.07, 6.45) is 3.42. The van der Waals surface area contributed by atoms with E-state index in [0.29, 0.717) is 12.5 Å². The van der Waals surface area contributed by atoms with Crippen molar-refractivity contribution in [3.05, 3.63) is 18.9 Å². The smallest absolute Gasteiger partial charge is 0.247 e. The van der Waals surface area contributed by atoms with Crippen LogP contribution in [0.25, 0.3) is 0 Å². The van der Waals surface area contributed by atoms with Gasteiger partial charge in [-0.25, -0.2) is 0 Å². The molecule has 0 aliphatic carbocycles. The van der Waals surface area contributed by atoms with E-state index in [-0.39, 0.29) is 0 Å². The lowest BCUT2D eigenvalue weighted by molar-refractivity contribution is 0.311. The number of nitrogens with one attached hydrogen (secondary N) is 1. The first-order valence-electron chi connectivity index (χ1n) is 5.77. The number of nitrogens with zero attached hydrogens (tertiary/aromatic N) is 5. The van der Waals surface area contributed by atoms with E-state index >= 15 is 0 Å². The Morgan fingerprint density at radius 1 is 1.41 bits per heavy atom. The Labute approximate surface area is 101 Å². The highest BCUT2D eigenvalue weighted by Gasteiger charge is 2.16. The second-order valence-electron chi connectivity index (χ2n) is 4.10. The quantitative estimate of drug-likeness (QED) is 0.752. The Hall–Kier alpha value is -1.69. The van der Waals surface area contributed by atoms with Crippen molar-refractivity contribution < 1.29 is 0 Å². The third kappa shape index (κ3) is 3.13. The van der Waals surface area contributed by atoms with Gasteiger partial charge in [-0.15, -0.1) is 11.7 Å². The summed E-state index contributed by atoms with van der Waals surface area (Å²) < 4.78 is 0. The van der Waals surface area contributed by atoms with Gasteiger partial charge in [0, 0.05) is 32.7 Å². The first-order valence-corrected chi connectivity index (χ1v) is 5.77. The molecule has 1 aliphatic heterocycles. The van der Waals surface area contributed by atoms with Crippen LogP contribution in [-0.2, 0) is 0 Å². The summed E-state index contributed by atoms with van der Waals surface area (Å²) in [6, 6.07) is 0. The molecule has 0 atom stereocenters. The van der Waals surface area contributed by atoms with E-state index in [4.69, 9.17) is 0 Å². The van der Waals surface area contributed by atoms with Gasteiger partial charge in [-0.2, -0.15) is 10.1 Å². The van der Waals surface area contributed by atoms with Crippen LogP contribution in [0.3, 0.4) is 0 Å². The van der Waals surface area contributed by atoms with Crippen LogP contribution in [0.4, 0.5) is 11.8 Å². The van der Waals surface area contributed by atoms with Crippen LogP contribution < -0.4 is 10.2 Å². The van der Waals surface area contributed by atoms with Crippen molar-refractivity contribution in [2.75, 3.05) is 50.0 Å². The number of rotatable bonds is 4. The van der Waals surface area contributed by atoms with Crippen LogP contribution in [0.5, 0.6) is 0 Å². The zero-order chi connectivity index (χ0) is 12.1. The van der Waals surface area contributed by atoms with Gasteiger partial charge in [-0.1, -0.05) is 6.08 Å². The minimum atomic E-state index is 0.681. The van der Waals surface area contributed by atoms with Gasteiger partial charge in [0.1, 0.15) is 0 Å². The summed E-state index contributed by atoms with van der Waals surface area (Å²) >= 11 is 0. The minimum Gasteiger partial charge on any atom is -0.365 e. The number of hydrogen-bond acceptors (Lipinski definition) is 6. The predicted molar refractivity (Wildman–Crippen MR) is 68.2 cm³/mol. The molecule has 0 saturated carbocycles. The van der Waals surface area contributed by atoms with Gasteiger partial charge in [-0.05, 0) is 7.05 Å². The summed E-state index contributed by atoms with van der Waals surface area (Å²) in [7, 11) is 2.12. The molecule has 0 spiro atoms. The first kappa shape index (κ1) is 11.8. The lowest BCUT2D eigenvalue weighted by atomic mass is 10.3. The predicted octanol–water partition coefficient (Wildman–Crippen LogP) is 0.221. The number of hydrogen-bond donors (Lipinski definition) is 1. The third-order valence-corrected chi connectivity index (χ3v) is 2.76. The van der Waals surface area contributed by atoms with Crippen LogP contribution in [-0.4, -0.2) is 59.9 Å². The number of aromatic nitrogens is 3. The van der Waals surface area contributed by atoms with E-state index in [1.54, 1.807) is 12.3 Å². The van der Waals surface area contributed by atoms with E-state index in [2.05, 4.69) is 43.9 Å². The summed E-state index contributed by atoms with van der Waals surface area (Å²) in [4.78, 5) is 8.89. The minimum absolute atomic E-state index is 0.681. The Bertz CT molecular complexity index is 372. The third-order valence-electron chi connectivity index (χ3n) is 2.76. The fraction of sp³-hybridized carbons (Fsp3) is 0.545. The molecule has 0 bridgehead atoms. The van der Waals surface area contributed by atoms with Crippen LogP contribution in [0, 0.1) is 0 Å². The average molecular weight is 234 g/mol. The Morgan fingerprint density at radius 3 is 2.88 bits per heavy atom. The molecule has 2 rings (SSSR count). The monoisotopic (exact) mass is 234 g/mol. The average Bonchev–Trinajstić information content (AvgIpc) is 2.37. The van der Waals surface area contributed by atoms with Gasteiger partial charge in [0.25, 0.3) is 0 Å². The maximum atomic E-state index is 4.43. The van der Waals surface area contributed by atoms with Gasteiger partial charge < -0.3 is 15.1 Å². The van der Waals surface area contributed by atoms with Gasteiger partial charge in [0.05, 0.1) is 6.20 Å². The lowest BCUT2D eigenvalue weighted by Gasteiger charge is -2.32. The largest absolute Gasteiger partial charge is 0.365 e. The molecule has 1 fully saturated rings. The fourth-order valence-corrected chi connectivity index (χ4v) is 1.70. The summed E-state index contributed by atoms with van der Waals surface area (Å²) in [5.41, 5.74) is 0. The van der Waals surface area contributed by atoms with E-state index in [9.17, 15) is 0 Å². The Kier molecular flexibility index (Phi) is 3.87. The molecule has 0 amide bonds. The zero-order valence-corrected chi connectivity index (χ0v) is 10.1. The maximum Gasteiger partial charge on any atom is 0.247 e. The van der Waals surface area contributed by atoms with Crippen molar-refractivity contribution in [3.8, 4) is 0 Å². The van der Waals surface area contributed by atoms with Crippen molar-refractivity contribution in [3.63, 3.8) is 0 Å². The van der Waals surface area contributed by atoms with E-state index in [1.807, 2.05) is 0 Å². The van der Waals surface area contributed by atoms with E-state index in [0.717, 1.165) is 32.0 Å². The molecule has 1 aliphatic rings. The van der Waals surface area contributed by atoms with Gasteiger partial charge in [0.15, 0.2) is 5.82 Å². The van der Waals surface area contributed by atoms with Crippen molar-refractivity contribution in [2.24, 2.45) is 0 Å². The molecular weight excluding hydrogens is 216 g/mol. The number of likely N-dealkylation sites (N-methyl/N-ethyl adjacent to an activating group) is 1. The lowest BCUT2D eigenvalue weighted by Crippen LogP contribution is -2.45. The van der Waals surface area contributed by atoms with Crippen molar-refractivity contribution in [2.45, 2.75) is 0 Å². The number of anilines is 2. The summed E-state index contributed by atoms with van der Waals surface area (Å²) in [5, 5.41) is 11.2. The van der Waals surface area contributed by atoms with Gasteiger partial charge in [-0.3, -0.25) is 0 Å². The highest BCUT2D eigenvalue weighted by atomic mass is 15.4. The van der Waals surface area contributed by atoms with Gasteiger partial charge in [0.2, 0.25) is 5.95 Å². The topological polar surface area (TPSA) is 57.2 Å². The van der Waals surface area contributed by atoms with Gasteiger partial charge >= 0.3 is 0 Å². The molecule has 6 heteroatoms. The van der Waals surface area contributed by atoms with Crippen LogP contribution in [0.15, 0.2) is 18.9 Å². The Morgan fingerprint density at radius 2 is 2.18 bits per heavy atom. The molecule has 1 aromatic heterocycles. The van der Waals surface area contributed by atoms with E-state index < -0.39 is 0 Å². The number of piperazine rings is 1. The standard InChI is InChI=1S/C11H18N6/c1-3-4-12-10-9-13-15-11(14-10)17-7-5-16(2)6-8-17/h3,9H,1,4-8H2,2H3,(H,12,14,15). The maximum absolute atomic E-state index is 4.43.